The molecule has 1 spiro atoms. The van der Waals surface area contributed by atoms with Crippen molar-refractivity contribution < 1.29 is 24.1 Å². The lowest BCUT2D eigenvalue weighted by Crippen LogP contribution is -2.34. The summed E-state index contributed by atoms with van der Waals surface area (Å²) in [6.07, 6.45) is -0.737. The van der Waals surface area contributed by atoms with Gasteiger partial charge < -0.3 is 24.1 Å². The molecule has 86 valence electrons. The van der Waals surface area contributed by atoms with Crippen molar-refractivity contribution in [2.75, 3.05) is 7.11 Å². The van der Waals surface area contributed by atoms with Crippen LogP contribution in [0.25, 0.3) is 0 Å². The Morgan fingerprint density at radius 3 is 2.47 bits per heavy atom. The summed E-state index contributed by atoms with van der Waals surface area (Å²) in [6.45, 7) is 3.72. The maximum Gasteiger partial charge on any atom is 0.187 e. The van der Waals surface area contributed by atoms with Crippen LogP contribution in [0, 0.1) is 0 Å². The SMILES string of the molecule is CO[C@@H]1O[C@@]2(CC2O)[C@@H]2OC(C)(C)OC12. The molecule has 5 atom stereocenters. The molecule has 2 aliphatic heterocycles. The lowest BCUT2D eigenvalue weighted by molar-refractivity contribution is -0.236. The molecule has 2 heterocycles. The molecule has 0 amide bonds. The molecule has 1 N–H and O–H groups in total. The van der Waals surface area contributed by atoms with Crippen LogP contribution in [0.2, 0.25) is 0 Å². The second-order valence-corrected chi connectivity index (χ2v) is 4.92. The summed E-state index contributed by atoms with van der Waals surface area (Å²) in [7, 11) is 1.57. The van der Waals surface area contributed by atoms with E-state index >= 15 is 0 Å². The molecule has 0 bridgehead atoms. The average molecular weight is 216 g/mol. The van der Waals surface area contributed by atoms with Gasteiger partial charge in [-0.15, -0.1) is 0 Å². The van der Waals surface area contributed by atoms with Gasteiger partial charge in [0.1, 0.15) is 17.8 Å². The van der Waals surface area contributed by atoms with Crippen molar-refractivity contribution in [2.45, 2.75) is 56.3 Å². The van der Waals surface area contributed by atoms with Crippen molar-refractivity contribution in [1.82, 2.24) is 0 Å². The summed E-state index contributed by atoms with van der Waals surface area (Å²) >= 11 is 0. The van der Waals surface area contributed by atoms with Crippen LogP contribution < -0.4 is 0 Å². The highest BCUT2D eigenvalue weighted by atomic mass is 16.8. The number of aliphatic hydroxyl groups is 1. The van der Waals surface area contributed by atoms with Gasteiger partial charge in [0, 0.05) is 13.5 Å². The molecule has 15 heavy (non-hydrogen) atoms. The van der Waals surface area contributed by atoms with Crippen LogP contribution in [-0.2, 0) is 18.9 Å². The Labute approximate surface area is 88.3 Å². The largest absolute Gasteiger partial charge is 0.390 e. The standard InChI is InChI=1S/C10H16O5/c1-9(2)13-6-7(14-9)10(4-5(10)11)15-8(6)12-3/h5-8,11H,4H2,1-3H3/t5?,6?,7-,8-,10-/m1/s1. The zero-order valence-electron chi connectivity index (χ0n) is 9.10. The molecule has 2 saturated heterocycles. The fraction of sp³-hybridized carbons (Fsp3) is 1.00. The fourth-order valence-corrected chi connectivity index (χ4v) is 2.57. The highest BCUT2D eigenvalue weighted by Crippen LogP contribution is 2.56. The first-order valence-electron chi connectivity index (χ1n) is 5.23. The van der Waals surface area contributed by atoms with Crippen molar-refractivity contribution in [3.8, 4) is 0 Å². The Hall–Kier alpha value is -0.200. The molecule has 3 fully saturated rings. The van der Waals surface area contributed by atoms with Crippen LogP contribution in [0.5, 0.6) is 0 Å². The highest BCUT2D eigenvalue weighted by molar-refractivity contribution is 5.19. The van der Waals surface area contributed by atoms with Crippen LogP contribution in [-0.4, -0.2) is 48.2 Å². The molecule has 2 unspecified atom stereocenters. The second-order valence-electron chi connectivity index (χ2n) is 4.92. The van der Waals surface area contributed by atoms with E-state index in [2.05, 4.69) is 0 Å². The van der Waals surface area contributed by atoms with Gasteiger partial charge in [0.05, 0.1) is 6.10 Å². The molecule has 0 aromatic carbocycles. The number of fused-ring (bicyclic) bond motifs is 2. The lowest BCUT2D eigenvalue weighted by Gasteiger charge is -2.23. The molecule has 5 nitrogen and oxygen atoms in total. The Bertz CT molecular complexity index is 292. The molecular weight excluding hydrogens is 200 g/mol. The van der Waals surface area contributed by atoms with Crippen molar-refractivity contribution in [1.29, 1.82) is 0 Å². The van der Waals surface area contributed by atoms with Gasteiger partial charge in [0.15, 0.2) is 12.1 Å². The van der Waals surface area contributed by atoms with Crippen LogP contribution in [0.3, 0.4) is 0 Å². The molecule has 3 aliphatic rings. The molecule has 1 aliphatic carbocycles. The Kier molecular flexibility index (Phi) is 1.81. The predicted octanol–water partition coefficient (Wildman–Crippen LogP) is 0.0126. The number of aliphatic hydroxyl groups excluding tert-OH is 1. The Morgan fingerprint density at radius 2 is 1.93 bits per heavy atom. The Balaban J connectivity index is 1.88. The van der Waals surface area contributed by atoms with E-state index < -0.39 is 23.8 Å². The minimum atomic E-state index is -0.620. The van der Waals surface area contributed by atoms with Crippen LogP contribution >= 0.6 is 0 Å². The van der Waals surface area contributed by atoms with Crippen molar-refractivity contribution in [3.63, 3.8) is 0 Å². The molecule has 0 radical (unpaired) electrons. The number of hydrogen-bond acceptors (Lipinski definition) is 5. The third-order valence-electron chi connectivity index (χ3n) is 3.36. The van der Waals surface area contributed by atoms with Gasteiger partial charge in [-0.05, 0) is 13.8 Å². The van der Waals surface area contributed by atoms with Gasteiger partial charge in [-0.1, -0.05) is 0 Å². The number of rotatable bonds is 1. The second kappa shape index (κ2) is 2.73. The fourth-order valence-electron chi connectivity index (χ4n) is 2.57. The van der Waals surface area contributed by atoms with E-state index in [1.807, 2.05) is 13.8 Å². The first-order valence-corrected chi connectivity index (χ1v) is 5.23. The van der Waals surface area contributed by atoms with E-state index in [4.69, 9.17) is 18.9 Å². The lowest BCUT2D eigenvalue weighted by atomic mass is 10.1. The van der Waals surface area contributed by atoms with E-state index in [9.17, 15) is 5.11 Å². The zero-order valence-corrected chi connectivity index (χ0v) is 9.10. The zero-order chi connectivity index (χ0) is 10.8. The summed E-state index contributed by atoms with van der Waals surface area (Å²) in [4.78, 5) is 0. The predicted molar refractivity (Wildman–Crippen MR) is 49.1 cm³/mol. The maximum absolute atomic E-state index is 9.63. The molecular formula is C10H16O5. The number of ether oxygens (including phenoxy) is 4. The monoisotopic (exact) mass is 216 g/mol. The Morgan fingerprint density at radius 1 is 1.27 bits per heavy atom. The molecule has 0 aromatic rings. The van der Waals surface area contributed by atoms with E-state index in [-0.39, 0.29) is 12.2 Å². The average Bonchev–Trinajstić information content (AvgIpc) is 2.53. The third kappa shape index (κ3) is 1.21. The van der Waals surface area contributed by atoms with Crippen molar-refractivity contribution in [2.24, 2.45) is 0 Å². The maximum atomic E-state index is 9.63. The minimum absolute atomic E-state index is 0.215. The quantitative estimate of drug-likeness (QED) is 0.669. The molecule has 0 aromatic heterocycles. The van der Waals surface area contributed by atoms with Gasteiger partial charge in [-0.2, -0.15) is 0 Å². The van der Waals surface area contributed by atoms with E-state index in [0.717, 1.165) is 0 Å². The summed E-state index contributed by atoms with van der Waals surface area (Å²) in [5.74, 6) is -0.620. The van der Waals surface area contributed by atoms with Crippen LogP contribution in [0.1, 0.15) is 20.3 Å². The first-order chi connectivity index (χ1) is 6.98. The van der Waals surface area contributed by atoms with E-state index in [1.54, 1.807) is 7.11 Å². The van der Waals surface area contributed by atoms with E-state index in [1.165, 1.54) is 0 Å². The smallest absolute Gasteiger partial charge is 0.187 e. The van der Waals surface area contributed by atoms with Gasteiger partial charge in [0.25, 0.3) is 0 Å². The summed E-state index contributed by atoms with van der Waals surface area (Å²) in [6, 6.07) is 0. The molecule has 3 rings (SSSR count). The summed E-state index contributed by atoms with van der Waals surface area (Å²) in [5.41, 5.74) is -0.584. The van der Waals surface area contributed by atoms with Crippen LogP contribution in [0.15, 0.2) is 0 Å². The van der Waals surface area contributed by atoms with E-state index in [0.29, 0.717) is 6.42 Å². The highest BCUT2D eigenvalue weighted by Gasteiger charge is 2.73. The normalized spacial score (nSPS) is 56.0. The van der Waals surface area contributed by atoms with Gasteiger partial charge >= 0.3 is 0 Å². The van der Waals surface area contributed by atoms with Crippen LogP contribution in [0.4, 0.5) is 0 Å². The van der Waals surface area contributed by atoms with Gasteiger partial charge in [0.2, 0.25) is 0 Å². The number of hydrogen-bond donors (Lipinski definition) is 1. The summed E-state index contributed by atoms with van der Waals surface area (Å²) < 4.78 is 22.3. The van der Waals surface area contributed by atoms with Gasteiger partial charge in [-0.3, -0.25) is 0 Å². The topological polar surface area (TPSA) is 57.2 Å². The third-order valence-corrected chi connectivity index (χ3v) is 3.36. The minimum Gasteiger partial charge on any atom is -0.390 e. The number of methoxy groups -OCH3 is 1. The summed E-state index contributed by atoms with van der Waals surface area (Å²) in [5, 5.41) is 9.63. The van der Waals surface area contributed by atoms with Crippen molar-refractivity contribution in [3.05, 3.63) is 0 Å². The molecule has 5 heteroatoms. The van der Waals surface area contributed by atoms with Crippen molar-refractivity contribution >= 4 is 0 Å². The van der Waals surface area contributed by atoms with Gasteiger partial charge in [-0.25, -0.2) is 0 Å². The first kappa shape index (κ1) is 9.99. The molecule has 1 saturated carbocycles.